The lowest BCUT2D eigenvalue weighted by atomic mass is 10.2. The van der Waals surface area contributed by atoms with E-state index in [0.29, 0.717) is 0 Å². The number of aromatic nitrogens is 1. The summed E-state index contributed by atoms with van der Waals surface area (Å²) in [7, 11) is 2.07. The van der Waals surface area contributed by atoms with Gasteiger partial charge in [0.25, 0.3) is 0 Å². The van der Waals surface area contributed by atoms with E-state index >= 15 is 0 Å². The van der Waals surface area contributed by atoms with E-state index < -0.39 is 0 Å². The van der Waals surface area contributed by atoms with E-state index in [1.54, 1.807) is 11.3 Å². The molecule has 1 heterocycles. The highest BCUT2D eigenvalue weighted by Gasteiger charge is 2.20. The fraction of sp³-hybridized carbons (Fsp3) is 0.400. The smallest absolute Gasteiger partial charge is 0.185 e. The van der Waals surface area contributed by atoms with Gasteiger partial charge in [-0.05, 0) is 30.5 Å². The highest BCUT2D eigenvalue weighted by molar-refractivity contribution is 7.13. The number of benzene rings is 1. The van der Waals surface area contributed by atoms with E-state index in [9.17, 15) is 0 Å². The molecule has 1 aromatic carbocycles. The van der Waals surface area contributed by atoms with Gasteiger partial charge in [0, 0.05) is 36.6 Å². The Hall–Kier alpha value is -1.10. The molecule has 0 amide bonds. The third-order valence-corrected chi connectivity index (χ3v) is 4.56. The van der Waals surface area contributed by atoms with Crippen molar-refractivity contribution in [2.75, 3.05) is 11.9 Å². The molecule has 106 valence electrons. The first-order valence-corrected chi connectivity index (χ1v) is 8.10. The highest BCUT2D eigenvalue weighted by atomic mass is 35.5. The monoisotopic (exact) mass is 307 g/mol. The molecule has 0 saturated heterocycles. The van der Waals surface area contributed by atoms with Crippen molar-refractivity contribution in [2.24, 2.45) is 0 Å². The predicted molar refractivity (Wildman–Crippen MR) is 85.5 cm³/mol. The maximum Gasteiger partial charge on any atom is 0.185 e. The zero-order chi connectivity index (χ0) is 13.9. The van der Waals surface area contributed by atoms with Crippen molar-refractivity contribution in [3.8, 4) is 0 Å². The predicted octanol–water partition coefficient (Wildman–Crippen LogP) is 3.68. The van der Waals surface area contributed by atoms with Crippen LogP contribution in [-0.4, -0.2) is 18.1 Å². The van der Waals surface area contributed by atoms with Gasteiger partial charge in [0.1, 0.15) is 0 Å². The molecule has 1 aliphatic carbocycles. The molecule has 20 heavy (non-hydrogen) atoms. The standard InChI is InChI=1S/C15H18ClN3S/c1-19(9-11-3-2-4-12(16)7-11)15-18-14(10-20-15)8-17-13-5-6-13/h2-4,7,10,13,17H,5-6,8-9H2,1H3. The third kappa shape index (κ3) is 3.72. The molecular formula is C15H18ClN3S. The van der Waals surface area contributed by atoms with Crippen LogP contribution in [0, 0.1) is 0 Å². The molecule has 5 heteroatoms. The molecule has 0 unspecified atom stereocenters. The molecule has 2 aromatic rings. The Bertz CT molecular complexity index is 580. The first-order chi connectivity index (χ1) is 9.70. The number of halogens is 1. The van der Waals surface area contributed by atoms with Crippen molar-refractivity contribution in [1.29, 1.82) is 0 Å². The van der Waals surface area contributed by atoms with Gasteiger partial charge in [-0.2, -0.15) is 0 Å². The minimum absolute atomic E-state index is 0.726. The van der Waals surface area contributed by atoms with Gasteiger partial charge in [0.15, 0.2) is 5.13 Å². The number of hydrogen-bond donors (Lipinski definition) is 1. The Morgan fingerprint density at radius 3 is 3.05 bits per heavy atom. The topological polar surface area (TPSA) is 28.2 Å². The van der Waals surface area contributed by atoms with E-state index in [1.807, 2.05) is 18.2 Å². The second kappa shape index (κ2) is 6.12. The van der Waals surface area contributed by atoms with Crippen molar-refractivity contribution in [3.05, 3.63) is 45.9 Å². The lowest BCUT2D eigenvalue weighted by Gasteiger charge is -2.15. The minimum atomic E-state index is 0.726. The number of anilines is 1. The molecule has 0 aliphatic heterocycles. The molecule has 0 bridgehead atoms. The van der Waals surface area contributed by atoms with Gasteiger partial charge >= 0.3 is 0 Å². The van der Waals surface area contributed by atoms with E-state index in [2.05, 4.69) is 33.7 Å². The molecule has 1 fully saturated rings. The van der Waals surface area contributed by atoms with Crippen LogP contribution >= 0.6 is 22.9 Å². The van der Waals surface area contributed by atoms with Crippen molar-refractivity contribution >= 4 is 28.1 Å². The van der Waals surface area contributed by atoms with E-state index in [0.717, 1.165) is 35.0 Å². The quantitative estimate of drug-likeness (QED) is 0.882. The number of rotatable bonds is 6. The second-order valence-electron chi connectivity index (χ2n) is 5.26. The largest absolute Gasteiger partial charge is 0.347 e. The Balaban J connectivity index is 1.59. The van der Waals surface area contributed by atoms with E-state index in [4.69, 9.17) is 11.6 Å². The zero-order valence-electron chi connectivity index (χ0n) is 11.5. The minimum Gasteiger partial charge on any atom is -0.347 e. The highest BCUT2D eigenvalue weighted by Crippen LogP contribution is 2.23. The van der Waals surface area contributed by atoms with Gasteiger partial charge < -0.3 is 10.2 Å². The van der Waals surface area contributed by atoms with Crippen molar-refractivity contribution in [3.63, 3.8) is 0 Å². The van der Waals surface area contributed by atoms with Gasteiger partial charge in [0.2, 0.25) is 0 Å². The molecule has 1 saturated carbocycles. The summed E-state index contributed by atoms with van der Waals surface area (Å²) < 4.78 is 0. The Morgan fingerprint density at radius 1 is 1.45 bits per heavy atom. The summed E-state index contributed by atoms with van der Waals surface area (Å²) in [5.74, 6) is 0. The van der Waals surface area contributed by atoms with Crippen LogP contribution in [0.4, 0.5) is 5.13 Å². The van der Waals surface area contributed by atoms with Crippen LogP contribution in [0.15, 0.2) is 29.6 Å². The SMILES string of the molecule is CN(Cc1cccc(Cl)c1)c1nc(CNC2CC2)cs1. The van der Waals surface area contributed by atoms with Gasteiger partial charge in [-0.1, -0.05) is 23.7 Å². The van der Waals surface area contributed by atoms with Crippen LogP contribution in [0.3, 0.4) is 0 Å². The summed E-state index contributed by atoms with van der Waals surface area (Å²) in [6, 6.07) is 8.70. The van der Waals surface area contributed by atoms with E-state index in [-0.39, 0.29) is 0 Å². The van der Waals surface area contributed by atoms with Crippen molar-refractivity contribution < 1.29 is 0 Å². The number of nitrogens with one attached hydrogen (secondary N) is 1. The molecule has 3 rings (SSSR count). The van der Waals surface area contributed by atoms with Gasteiger partial charge in [0.05, 0.1) is 5.69 Å². The number of nitrogens with zero attached hydrogens (tertiary/aromatic N) is 2. The van der Waals surface area contributed by atoms with Crippen LogP contribution in [-0.2, 0) is 13.1 Å². The summed E-state index contributed by atoms with van der Waals surface area (Å²) in [5.41, 5.74) is 2.34. The van der Waals surface area contributed by atoms with Gasteiger partial charge in [-0.3, -0.25) is 0 Å². The maximum atomic E-state index is 6.02. The van der Waals surface area contributed by atoms with Gasteiger partial charge in [-0.15, -0.1) is 11.3 Å². The fourth-order valence-electron chi connectivity index (χ4n) is 2.07. The third-order valence-electron chi connectivity index (χ3n) is 3.32. The first kappa shape index (κ1) is 13.9. The Kier molecular flexibility index (Phi) is 4.24. The van der Waals surface area contributed by atoms with Crippen molar-refractivity contribution in [2.45, 2.75) is 32.0 Å². The summed E-state index contributed by atoms with van der Waals surface area (Å²) in [5, 5.41) is 7.46. The molecule has 1 aliphatic rings. The number of thiazole rings is 1. The van der Waals surface area contributed by atoms with Gasteiger partial charge in [-0.25, -0.2) is 4.98 Å². The van der Waals surface area contributed by atoms with Crippen LogP contribution in [0.1, 0.15) is 24.1 Å². The lowest BCUT2D eigenvalue weighted by molar-refractivity contribution is 0.676. The molecule has 0 radical (unpaired) electrons. The Morgan fingerprint density at radius 2 is 2.30 bits per heavy atom. The van der Waals surface area contributed by atoms with E-state index in [1.165, 1.54) is 18.4 Å². The molecule has 3 nitrogen and oxygen atoms in total. The first-order valence-electron chi connectivity index (χ1n) is 6.84. The molecule has 0 spiro atoms. The Labute approximate surface area is 128 Å². The zero-order valence-corrected chi connectivity index (χ0v) is 13.0. The van der Waals surface area contributed by atoms with Crippen LogP contribution in [0.5, 0.6) is 0 Å². The normalized spacial score (nSPS) is 14.5. The lowest BCUT2D eigenvalue weighted by Crippen LogP contribution is -2.17. The maximum absolute atomic E-state index is 6.02. The summed E-state index contributed by atoms with van der Waals surface area (Å²) in [6.45, 7) is 1.70. The molecule has 1 N–H and O–H groups in total. The molecule has 1 aromatic heterocycles. The van der Waals surface area contributed by atoms with Crippen molar-refractivity contribution in [1.82, 2.24) is 10.3 Å². The van der Waals surface area contributed by atoms with Crippen LogP contribution in [0.2, 0.25) is 5.02 Å². The molecule has 0 atom stereocenters. The number of hydrogen-bond acceptors (Lipinski definition) is 4. The summed E-state index contributed by atoms with van der Waals surface area (Å²) in [6.07, 6.45) is 2.62. The average molecular weight is 308 g/mol. The average Bonchev–Trinajstić information content (AvgIpc) is 3.13. The summed E-state index contributed by atoms with van der Waals surface area (Å²) in [4.78, 5) is 6.84. The van der Waals surface area contributed by atoms with Crippen LogP contribution in [0.25, 0.3) is 0 Å². The molecular weight excluding hydrogens is 290 g/mol. The van der Waals surface area contributed by atoms with Crippen LogP contribution < -0.4 is 10.2 Å². The fourth-order valence-corrected chi connectivity index (χ4v) is 3.07. The summed E-state index contributed by atoms with van der Waals surface area (Å²) >= 11 is 7.71. The second-order valence-corrected chi connectivity index (χ2v) is 6.54.